The number of anilines is 1. The molecule has 1 heterocycles. The highest BCUT2D eigenvalue weighted by molar-refractivity contribution is 6.35. The van der Waals surface area contributed by atoms with Crippen LogP contribution in [0.3, 0.4) is 0 Å². The predicted molar refractivity (Wildman–Crippen MR) is 125 cm³/mol. The van der Waals surface area contributed by atoms with Gasteiger partial charge in [-0.2, -0.15) is 4.42 Å². The smallest absolute Gasteiger partial charge is 0.429 e. The van der Waals surface area contributed by atoms with Crippen molar-refractivity contribution >= 4 is 34.5 Å². The Hall–Kier alpha value is -3.26. The van der Waals surface area contributed by atoms with Gasteiger partial charge in [-0.1, -0.05) is 12.8 Å². The van der Waals surface area contributed by atoms with E-state index in [1.54, 1.807) is 50.6 Å². The Morgan fingerprint density at radius 1 is 0.970 bits per heavy atom. The summed E-state index contributed by atoms with van der Waals surface area (Å²) in [6.07, 6.45) is 7.04. The number of aromatic nitrogens is 2. The van der Waals surface area contributed by atoms with Gasteiger partial charge in [-0.05, 0) is 56.0 Å². The van der Waals surface area contributed by atoms with E-state index in [1.807, 2.05) is 0 Å². The van der Waals surface area contributed by atoms with Gasteiger partial charge in [0.1, 0.15) is 18.2 Å². The zero-order valence-corrected chi connectivity index (χ0v) is 19.4. The zero-order valence-electron chi connectivity index (χ0n) is 18.6. The predicted octanol–water partition coefficient (Wildman–Crippen LogP) is 6.26. The molecule has 0 aliphatic heterocycles. The number of amides is 1. The van der Waals surface area contributed by atoms with Crippen LogP contribution >= 0.6 is 11.8 Å². The first-order chi connectivity index (χ1) is 16.1. The quantitative estimate of drug-likeness (QED) is 0.310. The first-order valence-corrected chi connectivity index (χ1v) is 11.2. The van der Waals surface area contributed by atoms with E-state index in [1.165, 1.54) is 19.2 Å². The average Bonchev–Trinajstić information content (AvgIpc) is 3.12. The second-order valence-corrected chi connectivity index (χ2v) is 8.12. The van der Waals surface area contributed by atoms with Crippen molar-refractivity contribution in [3.8, 4) is 23.1 Å². The molecule has 0 radical (unpaired) electrons. The number of methoxy groups -OCH3 is 2. The normalized spacial score (nSPS) is 14.4. The molecule has 1 saturated carbocycles. The van der Waals surface area contributed by atoms with Crippen molar-refractivity contribution in [2.75, 3.05) is 18.6 Å². The van der Waals surface area contributed by atoms with Gasteiger partial charge < -0.3 is 18.9 Å². The van der Waals surface area contributed by atoms with Gasteiger partial charge in [0.25, 0.3) is 0 Å². The first-order valence-electron chi connectivity index (χ1n) is 10.9. The molecule has 1 aromatic heterocycles. The van der Waals surface area contributed by atoms with Crippen LogP contribution in [0.1, 0.15) is 38.5 Å². The van der Waals surface area contributed by atoms with Gasteiger partial charge in [-0.15, -0.1) is 0 Å². The first kappa shape index (κ1) is 22.9. The molecule has 174 valence electrons. The second kappa shape index (κ2) is 10.6. The summed E-state index contributed by atoms with van der Waals surface area (Å²) in [6.45, 7) is 0. The molecular formula is C24H26ClN3O5. The van der Waals surface area contributed by atoms with Gasteiger partial charge in [-0.3, -0.25) is 0 Å². The molecule has 0 bridgehead atoms. The van der Waals surface area contributed by atoms with Crippen molar-refractivity contribution in [3.63, 3.8) is 0 Å². The lowest BCUT2D eigenvalue weighted by atomic mass is 10.2. The lowest BCUT2D eigenvalue weighted by Crippen LogP contribution is -2.27. The van der Waals surface area contributed by atoms with Crippen LogP contribution in [-0.4, -0.2) is 36.4 Å². The van der Waals surface area contributed by atoms with Gasteiger partial charge in [0.05, 0.1) is 30.8 Å². The molecule has 0 atom stereocenters. The van der Waals surface area contributed by atoms with Crippen molar-refractivity contribution in [2.24, 2.45) is 0 Å². The van der Waals surface area contributed by atoms with Crippen molar-refractivity contribution in [2.45, 2.75) is 44.6 Å². The number of carbonyl (C=O) groups is 1. The number of nitrogens with zero attached hydrogens (tertiary/aromatic N) is 3. The van der Waals surface area contributed by atoms with Crippen LogP contribution in [0.4, 0.5) is 10.5 Å². The highest BCUT2D eigenvalue weighted by Gasteiger charge is 2.22. The van der Waals surface area contributed by atoms with Gasteiger partial charge in [0.15, 0.2) is 11.5 Å². The van der Waals surface area contributed by atoms with Crippen LogP contribution in [0.2, 0.25) is 0 Å². The molecule has 1 fully saturated rings. The highest BCUT2D eigenvalue weighted by atomic mass is 35.5. The second-order valence-electron chi connectivity index (χ2n) is 7.78. The number of rotatable bonds is 6. The molecule has 1 aliphatic rings. The minimum absolute atomic E-state index is 0.0782. The van der Waals surface area contributed by atoms with E-state index in [2.05, 4.69) is 9.97 Å². The molecule has 0 unspecified atom stereocenters. The summed E-state index contributed by atoms with van der Waals surface area (Å²) in [5.74, 6) is 2.00. The Balaban J connectivity index is 1.47. The zero-order chi connectivity index (χ0) is 23.2. The summed E-state index contributed by atoms with van der Waals surface area (Å²) in [5, 5.41) is 0.671. The molecule has 0 spiro atoms. The van der Waals surface area contributed by atoms with Crippen molar-refractivity contribution in [1.82, 2.24) is 9.97 Å². The third-order valence-electron chi connectivity index (χ3n) is 5.61. The summed E-state index contributed by atoms with van der Waals surface area (Å²) in [5.41, 5.74) is 1.14. The van der Waals surface area contributed by atoms with E-state index in [4.69, 9.17) is 30.7 Å². The average molecular weight is 472 g/mol. The Bertz CT molecular complexity index is 1100. The third-order valence-corrected chi connectivity index (χ3v) is 5.95. The van der Waals surface area contributed by atoms with Gasteiger partial charge >= 0.3 is 6.09 Å². The summed E-state index contributed by atoms with van der Waals surface area (Å²) < 4.78 is 23.3. The Morgan fingerprint density at radius 2 is 1.64 bits per heavy atom. The Morgan fingerprint density at radius 3 is 2.30 bits per heavy atom. The van der Waals surface area contributed by atoms with Crippen molar-refractivity contribution in [1.29, 1.82) is 0 Å². The number of hydrogen-bond donors (Lipinski definition) is 0. The molecule has 0 N–H and O–H groups in total. The summed E-state index contributed by atoms with van der Waals surface area (Å²) in [6, 6.07) is 10.3. The molecule has 1 aliphatic carbocycles. The van der Waals surface area contributed by atoms with Crippen molar-refractivity contribution < 1.29 is 23.7 Å². The molecule has 2 aromatic carbocycles. The molecule has 8 nitrogen and oxygen atoms in total. The molecule has 0 saturated heterocycles. The van der Waals surface area contributed by atoms with Gasteiger partial charge in [-0.25, -0.2) is 14.8 Å². The van der Waals surface area contributed by atoms with Crippen LogP contribution in [0.5, 0.6) is 23.1 Å². The topological polar surface area (TPSA) is 83.0 Å². The molecular weight excluding hydrogens is 446 g/mol. The van der Waals surface area contributed by atoms with Gasteiger partial charge in [0.2, 0.25) is 5.88 Å². The van der Waals surface area contributed by atoms with E-state index < -0.39 is 6.09 Å². The number of fused-ring (bicyclic) bond motifs is 1. The van der Waals surface area contributed by atoms with E-state index in [9.17, 15) is 4.79 Å². The maximum Gasteiger partial charge on any atom is 0.429 e. The van der Waals surface area contributed by atoms with Gasteiger partial charge in [0, 0.05) is 17.8 Å². The lowest BCUT2D eigenvalue weighted by molar-refractivity contribution is 0.0982. The summed E-state index contributed by atoms with van der Waals surface area (Å²) in [7, 11) is 3.13. The van der Waals surface area contributed by atoms with E-state index in [0.29, 0.717) is 39.7 Å². The number of benzene rings is 2. The number of ether oxygens (including phenoxy) is 4. The number of hydrogen-bond acceptors (Lipinski definition) is 7. The summed E-state index contributed by atoms with van der Waals surface area (Å²) >= 11 is 6.24. The largest absolute Gasteiger partial charge is 0.493 e. The van der Waals surface area contributed by atoms with Crippen molar-refractivity contribution in [3.05, 3.63) is 42.7 Å². The van der Waals surface area contributed by atoms with Crippen LogP contribution in [-0.2, 0) is 4.74 Å². The van der Waals surface area contributed by atoms with Crippen LogP contribution in [0.25, 0.3) is 10.9 Å². The van der Waals surface area contributed by atoms with E-state index >= 15 is 0 Å². The minimum Gasteiger partial charge on any atom is -0.493 e. The maximum atomic E-state index is 12.5. The summed E-state index contributed by atoms with van der Waals surface area (Å²) in [4.78, 5) is 21.0. The molecule has 1 amide bonds. The van der Waals surface area contributed by atoms with Crippen LogP contribution < -0.4 is 18.6 Å². The fraction of sp³-hybridized carbons (Fsp3) is 0.375. The fourth-order valence-corrected chi connectivity index (χ4v) is 4.00. The van der Waals surface area contributed by atoms with Crippen LogP contribution in [0.15, 0.2) is 42.7 Å². The Labute approximate surface area is 197 Å². The fourth-order valence-electron chi connectivity index (χ4n) is 3.85. The van der Waals surface area contributed by atoms with Crippen LogP contribution in [0, 0.1) is 0 Å². The standard InChI is InChI=1S/C24H26ClN3O5/c1-30-21-13-19-20(14-22(21)31-2)26-15-27-23(19)32-18-11-9-16(10-12-18)28(25)24(29)33-17-7-5-3-4-6-8-17/h9-15,17H,3-8H2,1-2H3. The SMILES string of the molecule is COc1cc2ncnc(Oc3ccc(N(Cl)C(=O)OC4CCCCCC4)cc3)c2cc1OC. The molecule has 9 heteroatoms. The minimum atomic E-state index is -0.569. The molecule has 3 aromatic rings. The third kappa shape index (κ3) is 5.39. The highest BCUT2D eigenvalue weighted by Crippen LogP contribution is 2.36. The number of halogens is 1. The maximum absolute atomic E-state index is 12.5. The Kier molecular flexibility index (Phi) is 7.34. The monoisotopic (exact) mass is 471 g/mol. The molecule has 33 heavy (non-hydrogen) atoms. The lowest BCUT2D eigenvalue weighted by Gasteiger charge is -2.20. The van der Waals surface area contributed by atoms with E-state index in [-0.39, 0.29) is 6.10 Å². The molecule has 4 rings (SSSR count). The van der Waals surface area contributed by atoms with E-state index in [0.717, 1.165) is 30.1 Å². The number of carbonyl (C=O) groups excluding carboxylic acids is 1.